The third-order valence-electron chi connectivity index (χ3n) is 2.71. The molecule has 0 aromatic rings. The van der Waals surface area contributed by atoms with Gasteiger partial charge < -0.3 is 0 Å². The molecule has 0 saturated carbocycles. The Balaban J connectivity index is 2.58. The number of hydrogen-bond acceptors (Lipinski definition) is 3. The molecular formula is C12H15BiO6. The molecule has 3 N–H and O–H groups in total. The van der Waals surface area contributed by atoms with E-state index in [1.165, 1.54) is 0 Å². The Morgan fingerprint density at radius 3 is 1.79 bits per heavy atom. The van der Waals surface area contributed by atoms with Crippen molar-refractivity contribution in [2.75, 3.05) is 0 Å². The maximum absolute atomic E-state index is 10.6. The Morgan fingerprint density at radius 2 is 1.26 bits per heavy atom. The van der Waals surface area contributed by atoms with E-state index < -0.39 is 40.7 Å². The number of rotatable bonds is 9. The van der Waals surface area contributed by atoms with Gasteiger partial charge in [-0.1, -0.05) is 0 Å². The number of carboxylic acids is 3. The number of allylic oxidation sites excluding steroid dienone is 2. The van der Waals surface area contributed by atoms with E-state index in [1.54, 1.807) is 0 Å². The Kier molecular flexibility index (Phi) is 6.28. The summed E-state index contributed by atoms with van der Waals surface area (Å²) in [6, 6.07) is 0. The summed E-state index contributed by atoms with van der Waals surface area (Å²) >= 11 is -1.06. The molecule has 0 atom stereocenters. The van der Waals surface area contributed by atoms with Gasteiger partial charge in [-0.15, -0.1) is 0 Å². The molecule has 0 aliphatic carbocycles. The Bertz CT molecular complexity index is 463. The second-order valence-corrected chi connectivity index (χ2v) is 9.23. The topological polar surface area (TPSA) is 112 Å². The first kappa shape index (κ1) is 16.0. The minimum atomic E-state index is -1.06. The fraction of sp³-hybridized carbons (Fsp3) is 0.500. The van der Waals surface area contributed by atoms with Crippen LogP contribution in [-0.4, -0.2) is 59.2 Å². The van der Waals surface area contributed by atoms with Crippen LogP contribution in [0.1, 0.15) is 38.5 Å². The summed E-state index contributed by atoms with van der Waals surface area (Å²) in [5.41, 5.74) is 0.960. The van der Waals surface area contributed by atoms with E-state index in [-0.39, 0.29) is 19.3 Å². The first-order valence-corrected chi connectivity index (χ1v) is 9.33. The van der Waals surface area contributed by atoms with Gasteiger partial charge in [-0.3, -0.25) is 0 Å². The predicted octanol–water partition coefficient (Wildman–Crippen LogP) is 0.725. The van der Waals surface area contributed by atoms with Gasteiger partial charge in [0.2, 0.25) is 0 Å². The van der Waals surface area contributed by atoms with E-state index in [0.717, 1.165) is 12.1 Å². The molecule has 0 aromatic heterocycles. The number of aliphatic carboxylic acids is 3. The van der Waals surface area contributed by atoms with Crippen LogP contribution in [0.3, 0.4) is 0 Å². The summed E-state index contributed by atoms with van der Waals surface area (Å²) in [4.78, 5) is 31.6. The Hall–Kier alpha value is -1.10. The van der Waals surface area contributed by atoms with Gasteiger partial charge in [0.05, 0.1) is 0 Å². The molecule has 0 radical (unpaired) electrons. The molecule has 0 fully saturated rings. The summed E-state index contributed by atoms with van der Waals surface area (Å²) in [6.45, 7) is 0. The van der Waals surface area contributed by atoms with Gasteiger partial charge >= 0.3 is 121 Å². The molecule has 0 bridgehead atoms. The summed E-state index contributed by atoms with van der Waals surface area (Å²) in [6.07, 6.45) is 1.56. The van der Waals surface area contributed by atoms with Gasteiger partial charge in [0.25, 0.3) is 0 Å². The number of hydrogen-bond donors (Lipinski definition) is 3. The normalized spacial score (nSPS) is 13.8. The van der Waals surface area contributed by atoms with Crippen LogP contribution in [-0.2, 0) is 14.4 Å². The van der Waals surface area contributed by atoms with E-state index in [0.29, 0.717) is 19.3 Å². The van der Waals surface area contributed by atoms with Gasteiger partial charge in [-0.25, -0.2) is 0 Å². The summed E-state index contributed by atoms with van der Waals surface area (Å²) < 4.78 is 2.29. The average Bonchev–Trinajstić information content (AvgIpc) is 2.25. The minimum absolute atomic E-state index is 0.0175. The van der Waals surface area contributed by atoms with Crippen molar-refractivity contribution >= 4 is 43.9 Å². The summed E-state index contributed by atoms with van der Waals surface area (Å²) in [5.74, 6) is -2.60. The van der Waals surface area contributed by atoms with Crippen molar-refractivity contribution in [1.82, 2.24) is 0 Å². The molecule has 19 heavy (non-hydrogen) atoms. The molecule has 104 valence electrons. The molecule has 1 aliphatic rings. The van der Waals surface area contributed by atoms with Gasteiger partial charge in [0, 0.05) is 0 Å². The molecule has 1 heterocycles. The van der Waals surface area contributed by atoms with Crippen molar-refractivity contribution < 1.29 is 29.7 Å². The first-order valence-electron chi connectivity index (χ1n) is 5.85. The zero-order valence-corrected chi connectivity index (χ0v) is 13.7. The Labute approximate surface area is 121 Å². The SMILES string of the molecule is O=C(O)CC[C]1=[Bi][C](CCC(=O)O)=C1CCC(=O)O. The molecule has 0 unspecified atom stereocenters. The van der Waals surface area contributed by atoms with Gasteiger partial charge in [-0.05, 0) is 0 Å². The Morgan fingerprint density at radius 1 is 0.789 bits per heavy atom. The molecule has 6 nitrogen and oxygen atoms in total. The van der Waals surface area contributed by atoms with Crippen molar-refractivity contribution in [1.29, 1.82) is 0 Å². The second kappa shape index (κ2) is 7.48. The van der Waals surface area contributed by atoms with Crippen molar-refractivity contribution in [3.8, 4) is 0 Å². The maximum atomic E-state index is 10.6. The molecule has 0 saturated heterocycles. The van der Waals surface area contributed by atoms with Crippen LogP contribution in [0.25, 0.3) is 0 Å². The fourth-order valence-corrected chi connectivity index (χ4v) is 7.12. The quantitative estimate of drug-likeness (QED) is 0.434. The zero-order chi connectivity index (χ0) is 14.4. The van der Waals surface area contributed by atoms with Gasteiger partial charge in [0.1, 0.15) is 0 Å². The molecule has 7 heteroatoms. The zero-order valence-electron chi connectivity index (χ0n) is 10.3. The number of carboxylic acid groups (broad SMARTS) is 3. The molecule has 0 spiro atoms. The molecule has 0 amide bonds. The average molecular weight is 464 g/mol. The summed E-state index contributed by atoms with van der Waals surface area (Å²) in [7, 11) is 0. The van der Waals surface area contributed by atoms with E-state index in [2.05, 4.69) is 0 Å². The van der Waals surface area contributed by atoms with Crippen molar-refractivity contribution in [3.05, 3.63) is 8.85 Å². The van der Waals surface area contributed by atoms with Crippen LogP contribution in [0.5, 0.6) is 0 Å². The molecular weight excluding hydrogens is 449 g/mol. The van der Waals surface area contributed by atoms with E-state index in [1.807, 2.05) is 0 Å². The van der Waals surface area contributed by atoms with Crippen LogP contribution in [0.15, 0.2) is 8.85 Å². The van der Waals surface area contributed by atoms with Crippen LogP contribution in [0, 0.1) is 0 Å². The van der Waals surface area contributed by atoms with Gasteiger partial charge in [0.15, 0.2) is 0 Å². The third kappa shape index (κ3) is 5.60. The molecule has 1 aliphatic heterocycles. The molecule has 0 aromatic carbocycles. The van der Waals surface area contributed by atoms with Crippen molar-refractivity contribution in [2.45, 2.75) is 38.5 Å². The van der Waals surface area contributed by atoms with E-state index >= 15 is 0 Å². The fourth-order valence-electron chi connectivity index (χ4n) is 1.80. The first-order chi connectivity index (χ1) is 8.90. The second-order valence-electron chi connectivity index (χ2n) is 4.16. The van der Waals surface area contributed by atoms with E-state index in [4.69, 9.17) is 15.3 Å². The van der Waals surface area contributed by atoms with E-state index in [9.17, 15) is 14.4 Å². The van der Waals surface area contributed by atoms with Crippen LogP contribution >= 0.6 is 0 Å². The summed E-state index contributed by atoms with van der Waals surface area (Å²) in [5, 5.41) is 26.0. The predicted molar refractivity (Wildman–Crippen MR) is 68.4 cm³/mol. The standard InChI is InChI=1S/C12H15O6.Bi/c13-10(14)5-1-3-9(7-8-12(17)18)4-2-6-11(15)16;/h1-2,5-8H2,(H,13,14)(H,15,16)(H,17,18);. The van der Waals surface area contributed by atoms with Crippen molar-refractivity contribution in [3.63, 3.8) is 0 Å². The van der Waals surface area contributed by atoms with Crippen molar-refractivity contribution in [2.24, 2.45) is 0 Å². The third-order valence-corrected chi connectivity index (χ3v) is 8.64. The van der Waals surface area contributed by atoms with Gasteiger partial charge in [-0.2, -0.15) is 0 Å². The monoisotopic (exact) mass is 464 g/mol. The van der Waals surface area contributed by atoms with Crippen LogP contribution < -0.4 is 0 Å². The van der Waals surface area contributed by atoms with Crippen LogP contribution in [0.4, 0.5) is 0 Å². The number of carbonyl (C=O) groups is 3. The molecule has 1 rings (SSSR count). The van der Waals surface area contributed by atoms with Crippen LogP contribution in [0.2, 0.25) is 0 Å².